The summed E-state index contributed by atoms with van der Waals surface area (Å²) in [6.45, 7) is 6.01. The highest BCUT2D eigenvalue weighted by Crippen LogP contribution is 2.15. The van der Waals surface area contributed by atoms with Crippen LogP contribution in [-0.4, -0.2) is 21.8 Å². The Morgan fingerprint density at radius 1 is 1.59 bits per heavy atom. The Morgan fingerprint density at radius 3 is 2.82 bits per heavy atom. The van der Waals surface area contributed by atoms with Gasteiger partial charge in [-0.05, 0) is 27.2 Å². The molecule has 1 atom stereocenters. The van der Waals surface area contributed by atoms with Crippen molar-refractivity contribution in [3.63, 3.8) is 0 Å². The third kappa shape index (κ3) is 4.44. The van der Waals surface area contributed by atoms with Crippen molar-refractivity contribution in [2.75, 3.05) is 0 Å². The van der Waals surface area contributed by atoms with Crippen LogP contribution >= 0.6 is 0 Å². The van der Waals surface area contributed by atoms with E-state index in [1.54, 1.807) is 6.20 Å². The Morgan fingerprint density at radius 2 is 2.29 bits per heavy atom. The highest BCUT2D eigenvalue weighted by molar-refractivity contribution is 5.75. The maximum Gasteiger partial charge on any atom is 0.234 e. The molecule has 1 amide bonds. The van der Waals surface area contributed by atoms with Crippen molar-refractivity contribution < 1.29 is 9.53 Å². The van der Waals surface area contributed by atoms with Crippen LogP contribution in [0.15, 0.2) is 12.4 Å². The Kier molecular flexibility index (Phi) is 4.96. The van der Waals surface area contributed by atoms with Crippen LogP contribution in [0.2, 0.25) is 0 Å². The monoisotopic (exact) mass is 240 g/mol. The molecule has 96 valence electrons. The van der Waals surface area contributed by atoms with Gasteiger partial charge in [0.25, 0.3) is 0 Å². The molecule has 1 aromatic heterocycles. The zero-order valence-corrected chi connectivity index (χ0v) is 10.5. The van der Waals surface area contributed by atoms with Gasteiger partial charge in [0.2, 0.25) is 5.91 Å². The molecule has 0 bridgehead atoms. The average molecular weight is 240 g/mol. The molecule has 0 fully saturated rings. The van der Waals surface area contributed by atoms with E-state index in [4.69, 9.17) is 10.6 Å². The second-order valence-electron chi connectivity index (χ2n) is 4.28. The first-order chi connectivity index (χ1) is 8.02. The summed E-state index contributed by atoms with van der Waals surface area (Å²) < 4.78 is 7.46. The van der Waals surface area contributed by atoms with Crippen molar-refractivity contribution in [3.8, 4) is 5.75 Å². The number of carbonyl (C=O) groups is 1. The molecule has 6 heteroatoms. The normalized spacial score (nSPS) is 12.5. The summed E-state index contributed by atoms with van der Waals surface area (Å²) in [5, 5.41) is 4.17. The van der Waals surface area contributed by atoms with Crippen LogP contribution in [-0.2, 0) is 4.79 Å². The number of hydrogen-bond donors (Lipinski definition) is 2. The van der Waals surface area contributed by atoms with Crippen molar-refractivity contribution in [2.24, 2.45) is 5.84 Å². The lowest BCUT2D eigenvalue weighted by atomic mass is 10.2. The summed E-state index contributed by atoms with van der Waals surface area (Å²) in [7, 11) is 0. The molecule has 0 spiro atoms. The molecule has 6 nitrogen and oxygen atoms in total. The molecule has 1 rings (SSSR count). The maximum absolute atomic E-state index is 11.0. The number of ether oxygens (including phenoxy) is 1. The minimum absolute atomic E-state index is 0.0443. The van der Waals surface area contributed by atoms with Gasteiger partial charge in [-0.25, -0.2) is 5.84 Å². The number of amides is 1. The molecular formula is C11H20N4O2. The van der Waals surface area contributed by atoms with E-state index in [0.717, 1.165) is 5.75 Å². The Balaban J connectivity index is 2.39. The summed E-state index contributed by atoms with van der Waals surface area (Å²) >= 11 is 0. The summed E-state index contributed by atoms with van der Waals surface area (Å²) in [5.74, 6) is 5.53. The summed E-state index contributed by atoms with van der Waals surface area (Å²) in [4.78, 5) is 11.0. The molecule has 1 aromatic rings. The fraction of sp³-hybridized carbons (Fsp3) is 0.636. The minimum atomic E-state index is -0.182. The van der Waals surface area contributed by atoms with E-state index in [0.29, 0.717) is 18.9 Å². The average Bonchev–Trinajstić information content (AvgIpc) is 2.74. The molecule has 17 heavy (non-hydrogen) atoms. The largest absolute Gasteiger partial charge is 0.487 e. The fourth-order valence-electron chi connectivity index (χ4n) is 1.36. The maximum atomic E-state index is 11.0. The van der Waals surface area contributed by atoms with Gasteiger partial charge in [-0.15, -0.1) is 0 Å². The minimum Gasteiger partial charge on any atom is -0.487 e. The highest BCUT2D eigenvalue weighted by atomic mass is 16.5. The molecule has 1 unspecified atom stereocenters. The van der Waals surface area contributed by atoms with Crippen LogP contribution < -0.4 is 16.0 Å². The van der Waals surface area contributed by atoms with Gasteiger partial charge in [0.1, 0.15) is 0 Å². The Hall–Kier alpha value is -1.56. The number of rotatable bonds is 6. The van der Waals surface area contributed by atoms with E-state index < -0.39 is 0 Å². The van der Waals surface area contributed by atoms with Crippen molar-refractivity contribution in [1.29, 1.82) is 0 Å². The van der Waals surface area contributed by atoms with Crippen LogP contribution in [0.3, 0.4) is 0 Å². The third-order valence-corrected chi connectivity index (χ3v) is 2.38. The van der Waals surface area contributed by atoms with Crippen LogP contribution in [0.25, 0.3) is 0 Å². The van der Waals surface area contributed by atoms with Crippen LogP contribution in [0.5, 0.6) is 5.75 Å². The molecule has 0 aliphatic rings. The van der Waals surface area contributed by atoms with E-state index in [2.05, 4.69) is 10.5 Å². The molecular weight excluding hydrogens is 220 g/mol. The summed E-state index contributed by atoms with van der Waals surface area (Å²) in [5.41, 5.74) is 2.09. The number of nitrogens with zero attached hydrogens (tertiary/aromatic N) is 2. The number of hydrogen-bond acceptors (Lipinski definition) is 4. The van der Waals surface area contributed by atoms with Gasteiger partial charge in [0.05, 0.1) is 18.5 Å². The lowest BCUT2D eigenvalue weighted by Crippen LogP contribution is -2.30. The van der Waals surface area contributed by atoms with Gasteiger partial charge in [-0.1, -0.05) is 0 Å². The fourth-order valence-corrected chi connectivity index (χ4v) is 1.36. The Bertz CT molecular complexity index is 362. The number of carbonyl (C=O) groups excluding carboxylic acids is 1. The van der Waals surface area contributed by atoms with Crippen molar-refractivity contribution in [3.05, 3.63) is 12.4 Å². The predicted octanol–water partition coefficient (Wildman–Crippen LogP) is 1.00. The van der Waals surface area contributed by atoms with Crippen LogP contribution in [0, 0.1) is 0 Å². The zero-order chi connectivity index (χ0) is 12.8. The second kappa shape index (κ2) is 6.24. The first-order valence-corrected chi connectivity index (χ1v) is 5.73. The van der Waals surface area contributed by atoms with Crippen molar-refractivity contribution in [1.82, 2.24) is 15.2 Å². The number of aromatic nitrogens is 2. The van der Waals surface area contributed by atoms with Gasteiger partial charge in [-0.3, -0.25) is 14.9 Å². The van der Waals surface area contributed by atoms with E-state index in [-0.39, 0.29) is 12.0 Å². The molecule has 3 N–H and O–H groups in total. The van der Waals surface area contributed by atoms with Gasteiger partial charge in [-0.2, -0.15) is 5.10 Å². The van der Waals surface area contributed by atoms with E-state index in [1.165, 1.54) is 0 Å². The topological polar surface area (TPSA) is 82.2 Å². The van der Waals surface area contributed by atoms with Gasteiger partial charge in [0, 0.05) is 12.5 Å². The number of nitrogens with one attached hydrogen (secondary N) is 1. The van der Waals surface area contributed by atoms with Gasteiger partial charge >= 0.3 is 0 Å². The summed E-state index contributed by atoms with van der Waals surface area (Å²) in [6.07, 6.45) is 4.47. The van der Waals surface area contributed by atoms with Gasteiger partial charge < -0.3 is 4.74 Å². The standard InChI is InChI=1S/C11H20N4O2/c1-8(2)15-7-10(6-13-15)17-9(3)4-5-11(16)14-12/h6-9H,4-5,12H2,1-3H3,(H,14,16). The van der Waals surface area contributed by atoms with Crippen LogP contribution in [0.1, 0.15) is 39.7 Å². The number of nitrogens with two attached hydrogens (primary N) is 1. The molecule has 0 saturated heterocycles. The van der Waals surface area contributed by atoms with Gasteiger partial charge in [0.15, 0.2) is 5.75 Å². The number of hydrazine groups is 1. The second-order valence-corrected chi connectivity index (χ2v) is 4.28. The zero-order valence-electron chi connectivity index (χ0n) is 10.5. The quantitative estimate of drug-likeness (QED) is 0.441. The first-order valence-electron chi connectivity index (χ1n) is 5.73. The molecule has 1 heterocycles. The first kappa shape index (κ1) is 13.5. The van der Waals surface area contributed by atoms with Crippen molar-refractivity contribution in [2.45, 2.75) is 45.8 Å². The molecule has 0 aliphatic carbocycles. The molecule has 0 saturated carbocycles. The van der Waals surface area contributed by atoms with E-state index in [1.807, 2.05) is 31.6 Å². The predicted molar refractivity (Wildman–Crippen MR) is 64.3 cm³/mol. The van der Waals surface area contributed by atoms with Crippen LogP contribution in [0.4, 0.5) is 0 Å². The SMILES string of the molecule is CC(CCC(=O)NN)Oc1cnn(C(C)C)c1. The summed E-state index contributed by atoms with van der Waals surface area (Å²) in [6, 6.07) is 0.311. The lowest BCUT2D eigenvalue weighted by molar-refractivity contribution is -0.121. The van der Waals surface area contributed by atoms with E-state index in [9.17, 15) is 4.79 Å². The third-order valence-electron chi connectivity index (χ3n) is 2.38. The molecule has 0 aromatic carbocycles. The highest BCUT2D eigenvalue weighted by Gasteiger charge is 2.09. The van der Waals surface area contributed by atoms with Crippen molar-refractivity contribution >= 4 is 5.91 Å². The Labute approximate surface area is 101 Å². The smallest absolute Gasteiger partial charge is 0.234 e. The lowest BCUT2D eigenvalue weighted by Gasteiger charge is -2.12. The van der Waals surface area contributed by atoms with E-state index >= 15 is 0 Å². The molecule has 0 radical (unpaired) electrons. The molecule has 0 aliphatic heterocycles.